The molecule has 3 aromatic rings. The number of urea groups is 1. The van der Waals surface area contributed by atoms with Crippen LogP contribution in [0.3, 0.4) is 0 Å². The molecule has 0 aliphatic heterocycles. The number of halogens is 1. The molecule has 2 amide bonds. The summed E-state index contributed by atoms with van der Waals surface area (Å²) in [6.07, 6.45) is 2.73. The molecule has 3 N–H and O–H groups in total. The van der Waals surface area contributed by atoms with E-state index < -0.39 is 0 Å². The number of aromatic amines is 1. The third kappa shape index (κ3) is 4.25. The second-order valence-corrected chi connectivity index (χ2v) is 5.98. The average Bonchev–Trinajstić information content (AvgIpc) is 3.01. The van der Waals surface area contributed by atoms with Crippen molar-refractivity contribution >= 4 is 34.2 Å². The number of ether oxygens (including phenoxy) is 1. The molecule has 0 spiro atoms. The Bertz CT molecular complexity index is 876. The van der Waals surface area contributed by atoms with Crippen molar-refractivity contribution in [1.29, 1.82) is 0 Å². The Morgan fingerprint density at radius 3 is 2.88 bits per heavy atom. The molecule has 0 aliphatic rings. The Morgan fingerprint density at radius 1 is 1.24 bits per heavy atom. The third-order valence-electron chi connectivity index (χ3n) is 3.84. The molecule has 0 radical (unpaired) electrons. The van der Waals surface area contributed by atoms with Gasteiger partial charge in [-0.15, -0.1) is 0 Å². The smallest absolute Gasteiger partial charge is 0.319 e. The molecule has 0 atom stereocenters. The van der Waals surface area contributed by atoms with Gasteiger partial charge in [0.05, 0.1) is 11.6 Å². The van der Waals surface area contributed by atoms with Crippen LogP contribution in [0.1, 0.15) is 12.5 Å². The SMILES string of the molecule is CCOc1ccc(NC(=O)NCCc2c[nH]c3ccccc23)cc1Cl. The summed E-state index contributed by atoms with van der Waals surface area (Å²) in [5, 5.41) is 7.28. The Labute approximate surface area is 151 Å². The number of carbonyl (C=O) groups excluding carboxylic acids is 1. The van der Waals surface area contributed by atoms with Crippen LogP contribution < -0.4 is 15.4 Å². The van der Waals surface area contributed by atoms with Crippen LogP contribution in [-0.4, -0.2) is 24.2 Å². The van der Waals surface area contributed by atoms with Crippen molar-refractivity contribution in [2.24, 2.45) is 0 Å². The zero-order valence-corrected chi connectivity index (χ0v) is 14.7. The first kappa shape index (κ1) is 17.2. The zero-order valence-electron chi connectivity index (χ0n) is 13.9. The fraction of sp³-hybridized carbons (Fsp3) is 0.211. The summed E-state index contributed by atoms with van der Waals surface area (Å²) in [6, 6.07) is 13.0. The van der Waals surface area contributed by atoms with Crippen LogP contribution in [0.15, 0.2) is 48.7 Å². The Morgan fingerprint density at radius 2 is 2.08 bits per heavy atom. The van der Waals surface area contributed by atoms with Crippen LogP contribution in [0.2, 0.25) is 5.02 Å². The molecular weight excluding hydrogens is 338 g/mol. The monoisotopic (exact) mass is 357 g/mol. The van der Waals surface area contributed by atoms with E-state index in [-0.39, 0.29) is 6.03 Å². The topological polar surface area (TPSA) is 66.2 Å². The first-order valence-corrected chi connectivity index (χ1v) is 8.57. The highest BCUT2D eigenvalue weighted by Gasteiger charge is 2.07. The fourth-order valence-corrected chi connectivity index (χ4v) is 2.91. The van der Waals surface area contributed by atoms with Crippen LogP contribution in [0.4, 0.5) is 10.5 Å². The van der Waals surface area contributed by atoms with Crippen LogP contribution in [0.25, 0.3) is 10.9 Å². The standard InChI is InChI=1S/C19H20ClN3O2/c1-2-25-18-8-7-14(11-16(18)20)23-19(24)21-10-9-13-12-22-17-6-4-3-5-15(13)17/h3-8,11-12,22H,2,9-10H2,1H3,(H2,21,23,24). The molecule has 5 nitrogen and oxygen atoms in total. The normalized spacial score (nSPS) is 10.6. The molecule has 0 aliphatic carbocycles. The number of carbonyl (C=O) groups is 1. The number of para-hydroxylation sites is 1. The van der Waals surface area contributed by atoms with E-state index >= 15 is 0 Å². The summed E-state index contributed by atoms with van der Waals surface area (Å²) in [5.74, 6) is 0.606. The number of amides is 2. The van der Waals surface area contributed by atoms with Gasteiger partial charge in [0.25, 0.3) is 0 Å². The highest BCUT2D eigenvalue weighted by atomic mass is 35.5. The second kappa shape index (κ2) is 7.94. The Kier molecular flexibility index (Phi) is 5.46. The van der Waals surface area contributed by atoms with Gasteiger partial charge in [0.1, 0.15) is 5.75 Å². The van der Waals surface area contributed by atoms with Gasteiger partial charge in [0.15, 0.2) is 0 Å². The van der Waals surface area contributed by atoms with Crippen molar-refractivity contribution in [2.45, 2.75) is 13.3 Å². The summed E-state index contributed by atoms with van der Waals surface area (Å²) in [5.41, 5.74) is 2.91. The number of hydrogen-bond donors (Lipinski definition) is 3. The zero-order chi connectivity index (χ0) is 17.6. The molecule has 0 fully saturated rings. The van der Waals surface area contributed by atoms with E-state index in [2.05, 4.69) is 21.7 Å². The third-order valence-corrected chi connectivity index (χ3v) is 4.14. The largest absolute Gasteiger partial charge is 0.492 e. The molecule has 2 aromatic carbocycles. The number of hydrogen-bond acceptors (Lipinski definition) is 2. The van der Waals surface area contributed by atoms with Crippen LogP contribution in [0.5, 0.6) is 5.75 Å². The average molecular weight is 358 g/mol. The van der Waals surface area contributed by atoms with Crippen LogP contribution in [-0.2, 0) is 6.42 Å². The lowest BCUT2D eigenvalue weighted by molar-refractivity contribution is 0.252. The molecule has 130 valence electrons. The molecule has 6 heteroatoms. The number of anilines is 1. The van der Waals surface area contributed by atoms with E-state index in [1.54, 1.807) is 18.2 Å². The van der Waals surface area contributed by atoms with Crippen molar-refractivity contribution in [2.75, 3.05) is 18.5 Å². The molecule has 0 saturated carbocycles. The summed E-state index contributed by atoms with van der Waals surface area (Å²) >= 11 is 6.12. The molecule has 25 heavy (non-hydrogen) atoms. The Hall–Kier alpha value is -2.66. The number of H-pyrrole nitrogens is 1. The second-order valence-electron chi connectivity index (χ2n) is 5.57. The van der Waals surface area contributed by atoms with Gasteiger partial charge in [0.2, 0.25) is 0 Å². The quantitative estimate of drug-likeness (QED) is 0.604. The van der Waals surface area contributed by atoms with Crippen molar-refractivity contribution in [3.8, 4) is 5.75 Å². The first-order valence-electron chi connectivity index (χ1n) is 8.19. The van der Waals surface area contributed by atoms with E-state index in [9.17, 15) is 4.79 Å². The minimum atomic E-state index is -0.264. The lowest BCUT2D eigenvalue weighted by atomic mass is 10.1. The summed E-state index contributed by atoms with van der Waals surface area (Å²) < 4.78 is 5.37. The van der Waals surface area contributed by atoms with Gasteiger partial charge in [0, 0.05) is 29.3 Å². The van der Waals surface area contributed by atoms with Crippen LogP contribution >= 0.6 is 11.6 Å². The highest BCUT2D eigenvalue weighted by molar-refractivity contribution is 6.32. The number of nitrogens with one attached hydrogen (secondary N) is 3. The highest BCUT2D eigenvalue weighted by Crippen LogP contribution is 2.27. The van der Waals surface area contributed by atoms with E-state index in [1.165, 1.54) is 10.9 Å². The molecule has 0 saturated heterocycles. The van der Waals surface area contributed by atoms with E-state index in [4.69, 9.17) is 16.3 Å². The maximum Gasteiger partial charge on any atom is 0.319 e. The molecule has 1 heterocycles. The van der Waals surface area contributed by atoms with Gasteiger partial charge in [-0.3, -0.25) is 0 Å². The Balaban J connectivity index is 1.52. The van der Waals surface area contributed by atoms with Crippen molar-refractivity contribution in [3.63, 3.8) is 0 Å². The molecule has 0 bridgehead atoms. The fourth-order valence-electron chi connectivity index (χ4n) is 2.68. The summed E-state index contributed by atoms with van der Waals surface area (Å²) in [6.45, 7) is 2.98. The lowest BCUT2D eigenvalue weighted by Crippen LogP contribution is -2.30. The summed E-state index contributed by atoms with van der Waals surface area (Å²) in [7, 11) is 0. The van der Waals surface area contributed by atoms with Gasteiger partial charge < -0.3 is 20.4 Å². The van der Waals surface area contributed by atoms with Gasteiger partial charge in [-0.2, -0.15) is 0 Å². The predicted molar refractivity (Wildman–Crippen MR) is 102 cm³/mol. The minimum absolute atomic E-state index is 0.264. The van der Waals surface area contributed by atoms with Crippen LogP contribution in [0, 0.1) is 0 Å². The maximum absolute atomic E-state index is 12.0. The van der Waals surface area contributed by atoms with E-state index in [0.717, 1.165) is 11.9 Å². The van der Waals surface area contributed by atoms with E-state index in [0.29, 0.717) is 29.6 Å². The van der Waals surface area contributed by atoms with Crippen molar-refractivity contribution < 1.29 is 9.53 Å². The minimum Gasteiger partial charge on any atom is -0.492 e. The number of rotatable bonds is 6. The van der Waals surface area contributed by atoms with Crippen molar-refractivity contribution in [1.82, 2.24) is 10.3 Å². The molecule has 1 aromatic heterocycles. The predicted octanol–water partition coefficient (Wildman–Crippen LogP) is 4.58. The van der Waals surface area contributed by atoms with Gasteiger partial charge in [-0.25, -0.2) is 4.79 Å². The van der Waals surface area contributed by atoms with Gasteiger partial charge in [-0.05, 0) is 43.2 Å². The molecule has 3 rings (SSSR count). The maximum atomic E-state index is 12.0. The first-order chi connectivity index (χ1) is 12.2. The van der Waals surface area contributed by atoms with E-state index in [1.807, 2.05) is 31.3 Å². The van der Waals surface area contributed by atoms with Gasteiger partial charge >= 0.3 is 6.03 Å². The number of aromatic nitrogens is 1. The van der Waals surface area contributed by atoms with Gasteiger partial charge in [-0.1, -0.05) is 29.8 Å². The van der Waals surface area contributed by atoms with Crippen molar-refractivity contribution in [3.05, 3.63) is 59.2 Å². The molecular formula is C19H20ClN3O2. The molecule has 0 unspecified atom stereocenters. The number of fused-ring (bicyclic) bond motifs is 1. The summed E-state index contributed by atoms with van der Waals surface area (Å²) in [4.78, 5) is 15.3. The number of benzene rings is 2. The lowest BCUT2D eigenvalue weighted by Gasteiger charge is -2.10.